The Morgan fingerprint density at radius 1 is 1.44 bits per heavy atom. The smallest absolute Gasteiger partial charge is 0.305 e. The fourth-order valence-corrected chi connectivity index (χ4v) is 1.81. The molecule has 0 fully saturated rings. The first kappa shape index (κ1) is 12.2. The van der Waals surface area contributed by atoms with Crippen molar-refractivity contribution >= 4 is 5.97 Å². The summed E-state index contributed by atoms with van der Waals surface area (Å²) >= 11 is 0. The molecule has 0 radical (unpaired) electrons. The number of aryl methyl sites for hydroxylation is 2. The zero-order chi connectivity index (χ0) is 13.1. The maximum Gasteiger partial charge on any atom is 0.305 e. The van der Waals surface area contributed by atoms with Crippen LogP contribution in [0.1, 0.15) is 12.1 Å². The number of rotatable bonds is 4. The number of hydrogen-bond acceptors (Lipinski definition) is 3. The van der Waals surface area contributed by atoms with Crippen molar-refractivity contribution in [2.24, 2.45) is 0 Å². The van der Waals surface area contributed by atoms with Gasteiger partial charge in [0.1, 0.15) is 11.6 Å². The van der Waals surface area contributed by atoms with Gasteiger partial charge in [-0.2, -0.15) is 0 Å². The Balaban J connectivity index is 2.35. The topological polar surface area (TPSA) is 75.4 Å². The molecule has 0 atom stereocenters. The fraction of sp³-hybridized carbons (Fsp3) is 0.231. The number of carbonyl (C=O) groups is 1. The number of phenolic OH excluding ortho intramolecular Hbond substituents is 1. The van der Waals surface area contributed by atoms with E-state index in [1.165, 1.54) is 0 Å². The highest BCUT2D eigenvalue weighted by Gasteiger charge is 2.09. The first-order valence-corrected chi connectivity index (χ1v) is 5.61. The van der Waals surface area contributed by atoms with Crippen LogP contribution in [0.5, 0.6) is 5.75 Å². The van der Waals surface area contributed by atoms with E-state index in [4.69, 9.17) is 5.11 Å². The molecule has 18 heavy (non-hydrogen) atoms. The minimum atomic E-state index is -0.844. The van der Waals surface area contributed by atoms with E-state index >= 15 is 0 Å². The molecule has 5 heteroatoms. The number of phenols is 1. The van der Waals surface area contributed by atoms with Crippen LogP contribution in [0.25, 0.3) is 11.4 Å². The lowest BCUT2D eigenvalue weighted by atomic mass is 10.2. The average molecular weight is 246 g/mol. The number of carboxylic acids is 1. The molecular formula is C13H14N2O3. The quantitative estimate of drug-likeness (QED) is 0.865. The molecule has 94 valence electrons. The minimum absolute atomic E-state index is 0.0433. The summed E-state index contributed by atoms with van der Waals surface area (Å²) in [4.78, 5) is 15.0. The van der Waals surface area contributed by atoms with Gasteiger partial charge in [-0.05, 0) is 19.1 Å². The zero-order valence-corrected chi connectivity index (χ0v) is 10.00. The van der Waals surface area contributed by atoms with E-state index in [1.54, 1.807) is 22.8 Å². The zero-order valence-electron chi connectivity index (χ0n) is 10.00. The second-order valence-electron chi connectivity index (χ2n) is 4.09. The lowest BCUT2D eigenvalue weighted by molar-refractivity contribution is -0.137. The van der Waals surface area contributed by atoms with Crippen LogP contribution in [0, 0.1) is 6.92 Å². The lowest BCUT2D eigenvalue weighted by Crippen LogP contribution is -2.05. The van der Waals surface area contributed by atoms with Gasteiger partial charge < -0.3 is 14.8 Å². The van der Waals surface area contributed by atoms with E-state index < -0.39 is 5.97 Å². The van der Waals surface area contributed by atoms with Gasteiger partial charge in [-0.3, -0.25) is 4.79 Å². The van der Waals surface area contributed by atoms with Gasteiger partial charge in [0.15, 0.2) is 0 Å². The van der Waals surface area contributed by atoms with E-state index in [-0.39, 0.29) is 12.2 Å². The second kappa shape index (κ2) is 4.91. The SMILES string of the molecule is Cc1cn(CCC(=O)O)c(-c2cccc(O)c2)n1. The largest absolute Gasteiger partial charge is 0.508 e. The summed E-state index contributed by atoms with van der Waals surface area (Å²) in [5.41, 5.74) is 1.59. The summed E-state index contributed by atoms with van der Waals surface area (Å²) in [6, 6.07) is 6.76. The molecule has 2 N–H and O–H groups in total. The summed E-state index contributed by atoms with van der Waals surface area (Å²) in [5, 5.41) is 18.2. The molecule has 0 saturated heterocycles. The van der Waals surface area contributed by atoms with Gasteiger partial charge in [0, 0.05) is 18.3 Å². The molecule has 0 aliphatic carbocycles. The van der Waals surface area contributed by atoms with Crippen molar-refractivity contribution < 1.29 is 15.0 Å². The normalized spacial score (nSPS) is 10.5. The molecule has 1 aromatic carbocycles. The Hall–Kier alpha value is -2.30. The number of aromatic nitrogens is 2. The van der Waals surface area contributed by atoms with Crippen molar-refractivity contribution in [1.29, 1.82) is 0 Å². The highest BCUT2D eigenvalue weighted by molar-refractivity contribution is 5.67. The van der Waals surface area contributed by atoms with Crippen LogP contribution in [0.3, 0.4) is 0 Å². The van der Waals surface area contributed by atoms with E-state index in [2.05, 4.69) is 4.98 Å². The maximum absolute atomic E-state index is 10.6. The average Bonchev–Trinajstić information content (AvgIpc) is 2.68. The second-order valence-corrected chi connectivity index (χ2v) is 4.09. The third-order valence-electron chi connectivity index (χ3n) is 2.57. The maximum atomic E-state index is 10.6. The van der Waals surface area contributed by atoms with E-state index in [0.29, 0.717) is 12.4 Å². The molecular weight excluding hydrogens is 232 g/mol. The molecule has 0 aliphatic rings. The van der Waals surface area contributed by atoms with Crippen LogP contribution in [0.4, 0.5) is 0 Å². The monoisotopic (exact) mass is 246 g/mol. The van der Waals surface area contributed by atoms with Crippen molar-refractivity contribution in [3.8, 4) is 17.1 Å². The summed E-state index contributed by atoms with van der Waals surface area (Å²) in [6.45, 7) is 2.21. The number of carboxylic acid groups (broad SMARTS) is 1. The number of aliphatic carboxylic acids is 1. The predicted octanol–water partition coefficient (Wildman–Crippen LogP) is 2.04. The first-order valence-electron chi connectivity index (χ1n) is 5.61. The Morgan fingerprint density at radius 3 is 2.89 bits per heavy atom. The van der Waals surface area contributed by atoms with Gasteiger partial charge in [0.2, 0.25) is 0 Å². The Bertz CT molecular complexity index is 575. The van der Waals surface area contributed by atoms with Gasteiger partial charge >= 0.3 is 5.97 Å². The molecule has 0 aliphatic heterocycles. The van der Waals surface area contributed by atoms with Gasteiger partial charge in [-0.25, -0.2) is 4.98 Å². The summed E-state index contributed by atoms with van der Waals surface area (Å²) in [5.74, 6) is -0.00852. The van der Waals surface area contributed by atoms with Crippen LogP contribution in [0.2, 0.25) is 0 Å². The Labute approximate surface area is 104 Å². The fourth-order valence-electron chi connectivity index (χ4n) is 1.81. The molecule has 0 spiro atoms. The van der Waals surface area contributed by atoms with Crippen molar-refractivity contribution in [2.45, 2.75) is 19.9 Å². The highest BCUT2D eigenvalue weighted by atomic mass is 16.4. The van der Waals surface area contributed by atoms with Crippen LogP contribution in [0.15, 0.2) is 30.5 Å². The summed E-state index contributed by atoms with van der Waals surface area (Å²) in [6.07, 6.45) is 1.85. The van der Waals surface area contributed by atoms with Crippen LogP contribution >= 0.6 is 0 Å². The van der Waals surface area contributed by atoms with Gasteiger partial charge in [0.25, 0.3) is 0 Å². The highest BCUT2D eigenvalue weighted by Crippen LogP contribution is 2.23. The minimum Gasteiger partial charge on any atom is -0.508 e. The molecule has 2 rings (SSSR count). The third kappa shape index (κ3) is 2.68. The Morgan fingerprint density at radius 2 is 2.22 bits per heavy atom. The van der Waals surface area contributed by atoms with Crippen molar-refractivity contribution in [2.75, 3.05) is 0 Å². The number of benzene rings is 1. The first-order chi connectivity index (χ1) is 8.56. The molecule has 0 amide bonds. The number of aromatic hydroxyl groups is 1. The summed E-state index contributed by atoms with van der Waals surface area (Å²) in [7, 11) is 0. The molecule has 0 unspecified atom stereocenters. The van der Waals surface area contributed by atoms with Crippen molar-refractivity contribution in [1.82, 2.24) is 9.55 Å². The van der Waals surface area contributed by atoms with Crippen molar-refractivity contribution in [3.05, 3.63) is 36.2 Å². The molecule has 2 aromatic rings. The molecule has 0 bridgehead atoms. The summed E-state index contributed by atoms with van der Waals surface area (Å²) < 4.78 is 1.79. The lowest BCUT2D eigenvalue weighted by Gasteiger charge is -2.06. The Kier molecular flexibility index (Phi) is 3.32. The van der Waals surface area contributed by atoms with E-state index in [1.807, 2.05) is 19.2 Å². The van der Waals surface area contributed by atoms with Crippen LogP contribution < -0.4 is 0 Å². The van der Waals surface area contributed by atoms with Crippen LogP contribution in [-0.2, 0) is 11.3 Å². The number of hydrogen-bond donors (Lipinski definition) is 2. The van der Waals surface area contributed by atoms with Crippen LogP contribution in [-0.4, -0.2) is 25.7 Å². The van der Waals surface area contributed by atoms with Gasteiger partial charge in [-0.15, -0.1) is 0 Å². The molecule has 1 heterocycles. The predicted molar refractivity (Wildman–Crippen MR) is 66.3 cm³/mol. The number of nitrogens with zero attached hydrogens (tertiary/aromatic N) is 2. The molecule has 0 saturated carbocycles. The van der Waals surface area contributed by atoms with Crippen molar-refractivity contribution in [3.63, 3.8) is 0 Å². The van der Waals surface area contributed by atoms with E-state index in [9.17, 15) is 9.90 Å². The van der Waals surface area contributed by atoms with E-state index in [0.717, 1.165) is 11.3 Å². The van der Waals surface area contributed by atoms with Gasteiger partial charge in [0.05, 0.1) is 12.1 Å². The molecule has 1 aromatic heterocycles. The standard InChI is InChI=1S/C13H14N2O3/c1-9-8-15(6-5-12(17)18)13(14-9)10-3-2-4-11(16)7-10/h2-4,7-8,16H,5-6H2,1H3,(H,17,18). The third-order valence-corrected chi connectivity index (χ3v) is 2.57. The number of imidazole rings is 1. The van der Waals surface area contributed by atoms with Gasteiger partial charge in [-0.1, -0.05) is 12.1 Å². The molecule has 5 nitrogen and oxygen atoms in total.